The van der Waals surface area contributed by atoms with Crippen molar-refractivity contribution in [1.82, 2.24) is 0 Å². The summed E-state index contributed by atoms with van der Waals surface area (Å²) in [5, 5.41) is 0. The summed E-state index contributed by atoms with van der Waals surface area (Å²) in [5.41, 5.74) is 4.29. The van der Waals surface area contributed by atoms with Crippen LogP contribution in [-0.4, -0.2) is 0 Å². The van der Waals surface area contributed by atoms with Crippen LogP contribution in [0.5, 0.6) is 0 Å². The third kappa shape index (κ3) is 1.61. The maximum Gasteiger partial charge on any atom is -0.000889 e. The molecule has 1 saturated carbocycles. The monoisotopic (exact) mass is 185 g/mol. The molecule has 14 heavy (non-hydrogen) atoms. The fourth-order valence-corrected chi connectivity index (χ4v) is 2.02. The molecule has 1 radical (unpaired) electrons. The lowest BCUT2D eigenvalue weighted by Gasteiger charge is -2.14. The Morgan fingerprint density at radius 1 is 1.36 bits per heavy atom. The van der Waals surface area contributed by atoms with E-state index < -0.39 is 0 Å². The molecule has 73 valence electrons. The van der Waals surface area contributed by atoms with Crippen LogP contribution in [0, 0.1) is 5.92 Å². The van der Waals surface area contributed by atoms with Crippen LogP contribution >= 0.6 is 0 Å². The standard InChI is InChI=1S/C14H17/c1-4-11-6-5-7-13(10(2)3)14(11)12-8-9-12/h4-7,12H,1,8-9H2,2-3H3. The lowest BCUT2D eigenvalue weighted by Crippen LogP contribution is -1.97. The Kier molecular flexibility index (Phi) is 2.45. The van der Waals surface area contributed by atoms with Crippen LogP contribution in [0.3, 0.4) is 0 Å². The third-order valence-electron chi connectivity index (χ3n) is 2.88. The molecule has 0 unspecified atom stereocenters. The highest BCUT2D eigenvalue weighted by Gasteiger charge is 2.28. The second-order valence-corrected chi connectivity index (χ2v) is 4.29. The predicted octanol–water partition coefficient (Wildman–Crippen LogP) is 4.17. The van der Waals surface area contributed by atoms with Crippen molar-refractivity contribution in [3.8, 4) is 0 Å². The molecule has 0 spiro atoms. The zero-order chi connectivity index (χ0) is 10.1. The van der Waals surface area contributed by atoms with Crippen molar-refractivity contribution >= 4 is 6.08 Å². The maximum absolute atomic E-state index is 3.89. The first-order valence-corrected chi connectivity index (χ1v) is 5.30. The fraction of sp³-hybridized carbons (Fsp3) is 0.357. The highest BCUT2D eigenvalue weighted by molar-refractivity contribution is 5.59. The van der Waals surface area contributed by atoms with Gasteiger partial charge in [-0.1, -0.05) is 44.7 Å². The summed E-state index contributed by atoms with van der Waals surface area (Å²) in [5.74, 6) is 2.21. The van der Waals surface area contributed by atoms with Gasteiger partial charge >= 0.3 is 0 Å². The molecule has 0 aromatic heterocycles. The van der Waals surface area contributed by atoms with Crippen LogP contribution in [0.25, 0.3) is 6.08 Å². The zero-order valence-corrected chi connectivity index (χ0v) is 9.01. The molecular formula is C14H17. The molecule has 1 aromatic rings. The van der Waals surface area contributed by atoms with Crippen molar-refractivity contribution in [3.05, 3.63) is 47.4 Å². The van der Waals surface area contributed by atoms with Crippen LogP contribution in [0.15, 0.2) is 24.8 Å². The van der Waals surface area contributed by atoms with E-state index in [1.54, 1.807) is 0 Å². The Bertz CT molecular complexity index is 343. The quantitative estimate of drug-likeness (QED) is 0.663. The summed E-state index contributed by atoms with van der Waals surface area (Å²) >= 11 is 0. The topological polar surface area (TPSA) is 0 Å². The number of rotatable bonds is 3. The van der Waals surface area contributed by atoms with Crippen molar-refractivity contribution in [3.63, 3.8) is 0 Å². The first-order chi connectivity index (χ1) is 6.74. The van der Waals surface area contributed by atoms with Crippen molar-refractivity contribution in [2.75, 3.05) is 0 Å². The van der Waals surface area contributed by atoms with Gasteiger partial charge in [0.2, 0.25) is 0 Å². The first kappa shape index (κ1) is 9.51. The lowest BCUT2D eigenvalue weighted by molar-refractivity contribution is 1.04. The Labute approximate surface area is 86.7 Å². The van der Waals surface area contributed by atoms with Crippen molar-refractivity contribution in [1.29, 1.82) is 0 Å². The average Bonchev–Trinajstić information content (AvgIpc) is 2.99. The van der Waals surface area contributed by atoms with Gasteiger partial charge in [-0.05, 0) is 41.4 Å². The average molecular weight is 185 g/mol. The van der Waals surface area contributed by atoms with Gasteiger partial charge in [-0.15, -0.1) is 0 Å². The van der Waals surface area contributed by atoms with E-state index in [4.69, 9.17) is 0 Å². The van der Waals surface area contributed by atoms with E-state index in [1.165, 1.54) is 35.4 Å². The van der Waals surface area contributed by atoms with Gasteiger partial charge in [-0.25, -0.2) is 0 Å². The molecule has 0 amide bonds. The minimum Gasteiger partial charge on any atom is -0.0985 e. The molecule has 0 aliphatic heterocycles. The van der Waals surface area contributed by atoms with Gasteiger partial charge in [0.15, 0.2) is 0 Å². The van der Waals surface area contributed by atoms with Gasteiger partial charge in [0.1, 0.15) is 0 Å². The van der Waals surface area contributed by atoms with Crippen LogP contribution in [0.2, 0.25) is 0 Å². The smallest absolute Gasteiger partial charge is 0.000889 e. The Hall–Kier alpha value is -1.04. The van der Waals surface area contributed by atoms with E-state index in [0.717, 1.165) is 5.92 Å². The minimum absolute atomic E-state index is 0.800. The zero-order valence-electron chi connectivity index (χ0n) is 9.01. The molecule has 1 aliphatic carbocycles. The first-order valence-electron chi connectivity index (χ1n) is 5.30. The van der Waals surface area contributed by atoms with Gasteiger partial charge < -0.3 is 0 Å². The van der Waals surface area contributed by atoms with E-state index >= 15 is 0 Å². The predicted molar refractivity (Wildman–Crippen MR) is 62.2 cm³/mol. The van der Waals surface area contributed by atoms with E-state index in [1.807, 2.05) is 6.08 Å². The summed E-state index contributed by atoms with van der Waals surface area (Å²) in [7, 11) is 0. The van der Waals surface area contributed by atoms with Crippen molar-refractivity contribution < 1.29 is 0 Å². The number of hydrogen-bond acceptors (Lipinski definition) is 0. The highest BCUT2D eigenvalue weighted by atomic mass is 14.3. The number of hydrogen-bond donors (Lipinski definition) is 0. The molecule has 0 heteroatoms. The Morgan fingerprint density at radius 3 is 2.57 bits per heavy atom. The molecule has 1 fully saturated rings. The van der Waals surface area contributed by atoms with Gasteiger partial charge in [-0.2, -0.15) is 0 Å². The van der Waals surface area contributed by atoms with Crippen LogP contribution in [0.1, 0.15) is 49.3 Å². The van der Waals surface area contributed by atoms with Crippen LogP contribution < -0.4 is 0 Å². The molecule has 1 aliphatic rings. The van der Waals surface area contributed by atoms with Gasteiger partial charge in [0, 0.05) is 0 Å². The summed E-state index contributed by atoms with van der Waals surface area (Å²) in [6.07, 6.45) is 4.69. The van der Waals surface area contributed by atoms with Crippen LogP contribution in [-0.2, 0) is 0 Å². The van der Waals surface area contributed by atoms with E-state index in [9.17, 15) is 0 Å². The van der Waals surface area contributed by atoms with E-state index in [0.29, 0.717) is 0 Å². The van der Waals surface area contributed by atoms with Gasteiger partial charge in [0.25, 0.3) is 0 Å². The molecule has 0 bridgehead atoms. The maximum atomic E-state index is 3.89. The summed E-state index contributed by atoms with van der Waals surface area (Å²) < 4.78 is 0. The van der Waals surface area contributed by atoms with Gasteiger partial charge in [-0.3, -0.25) is 0 Å². The molecule has 0 N–H and O–H groups in total. The number of benzene rings is 1. The summed E-state index contributed by atoms with van der Waals surface area (Å²) in [6, 6.07) is 6.54. The SMILES string of the molecule is C=Cc1cccc([C](C)C)c1C1CC1. The van der Waals surface area contributed by atoms with Crippen LogP contribution in [0.4, 0.5) is 0 Å². The second-order valence-electron chi connectivity index (χ2n) is 4.29. The minimum atomic E-state index is 0.800. The Balaban J connectivity index is 2.52. The van der Waals surface area contributed by atoms with Gasteiger partial charge in [0.05, 0.1) is 0 Å². The van der Waals surface area contributed by atoms with Crippen molar-refractivity contribution in [2.45, 2.75) is 32.6 Å². The highest BCUT2D eigenvalue weighted by Crippen LogP contribution is 2.45. The Morgan fingerprint density at radius 2 is 2.07 bits per heavy atom. The molecule has 0 heterocycles. The fourth-order valence-electron chi connectivity index (χ4n) is 2.02. The molecule has 0 atom stereocenters. The molecule has 1 aromatic carbocycles. The molecular weight excluding hydrogens is 168 g/mol. The lowest BCUT2D eigenvalue weighted by atomic mass is 9.90. The van der Waals surface area contributed by atoms with E-state index in [2.05, 4.69) is 38.6 Å². The second kappa shape index (κ2) is 3.61. The van der Waals surface area contributed by atoms with E-state index in [-0.39, 0.29) is 0 Å². The molecule has 2 rings (SSSR count). The summed E-state index contributed by atoms with van der Waals surface area (Å²) in [6.45, 7) is 8.27. The molecule has 0 nitrogen and oxygen atoms in total. The third-order valence-corrected chi connectivity index (χ3v) is 2.88. The molecule has 0 saturated heterocycles. The normalized spacial score (nSPS) is 15.9. The largest absolute Gasteiger partial charge is 0.0985 e. The van der Waals surface area contributed by atoms with Crippen molar-refractivity contribution in [2.24, 2.45) is 0 Å². The summed E-state index contributed by atoms with van der Waals surface area (Å²) in [4.78, 5) is 0.